The van der Waals surface area contributed by atoms with Crippen molar-refractivity contribution in [2.75, 3.05) is 5.88 Å². The van der Waals surface area contributed by atoms with Crippen LogP contribution in [0.15, 0.2) is 30.3 Å². The maximum absolute atomic E-state index is 10.9. The Balaban J connectivity index is 3.07. The molecule has 0 aromatic heterocycles. The molecule has 5 heteroatoms. The van der Waals surface area contributed by atoms with Gasteiger partial charge in [-0.1, -0.05) is 30.3 Å². The number of halogens is 1. The number of alkyl halides is 1. The molecule has 0 saturated heterocycles. The van der Waals surface area contributed by atoms with Crippen molar-refractivity contribution in [3.8, 4) is 0 Å². The fourth-order valence-corrected chi connectivity index (χ4v) is 2.15. The molecule has 20 heavy (non-hydrogen) atoms. The second-order valence-electron chi connectivity index (χ2n) is 5.59. The van der Waals surface area contributed by atoms with Gasteiger partial charge in [-0.3, -0.25) is 4.79 Å². The normalized spacial score (nSPS) is 16.2. The summed E-state index contributed by atoms with van der Waals surface area (Å²) in [5.74, 6) is 0.0324. The summed E-state index contributed by atoms with van der Waals surface area (Å²) in [4.78, 5) is 10.9. The summed E-state index contributed by atoms with van der Waals surface area (Å²) in [6.45, 7) is 5.68. The zero-order chi connectivity index (χ0) is 15.2. The van der Waals surface area contributed by atoms with Gasteiger partial charge in [0, 0.05) is 0 Å². The number of nitrogens with one attached hydrogen (secondary N) is 1. The largest absolute Gasteiger partial charge is 0.389 e. The molecule has 1 rings (SSSR count). The minimum absolute atomic E-state index is 0.0324. The summed E-state index contributed by atoms with van der Waals surface area (Å²) < 4.78 is 5.90. The number of hydrogen-bond donors (Lipinski definition) is 2. The average molecular weight is 300 g/mol. The topological polar surface area (TPSA) is 58.6 Å². The number of amides is 1. The number of carbonyl (C=O) groups excluding carboxylic acids is 1. The third kappa shape index (κ3) is 5.12. The second kappa shape index (κ2) is 7.62. The maximum Gasteiger partial charge on any atom is 0.207 e. The van der Waals surface area contributed by atoms with E-state index in [2.05, 4.69) is 5.32 Å². The molecule has 3 atom stereocenters. The summed E-state index contributed by atoms with van der Waals surface area (Å²) in [7, 11) is 0. The van der Waals surface area contributed by atoms with E-state index in [1.165, 1.54) is 0 Å². The van der Waals surface area contributed by atoms with E-state index in [4.69, 9.17) is 16.3 Å². The minimum Gasteiger partial charge on any atom is -0.389 e. The minimum atomic E-state index is -0.881. The van der Waals surface area contributed by atoms with Gasteiger partial charge in [0.15, 0.2) is 0 Å². The first-order valence-electron chi connectivity index (χ1n) is 6.55. The molecule has 0 heterocycles. The lowest BCUT2D eigenvalue weighted by molar-refractivity contribution is -0.127. The Bertz CT molecular complexity index is 405. The van der Waals surface area contributed by atoms with Gasteiger partial charge in [-0.25, -0.2) is 0 Å². The lowest BCUT2D eigenvalue weighted by Gasteiger charge is -2.35. The summed E-state index contributed by atoms with van der Waals surface area (Å²) >= 11 is 5.76. The Morgan fingerprint density at radius 1 is 1.35 bits per heavy atom. The average Bonchev–Trinajstić information content (AvgIpc) is 2.41. The van der Waals surface area contributed by atoms with E-state index in [0.29, 0.717) is 6.41 Å². The van der Waals surface area contributed by atoms with Crippen LogP contribution in [0.4, 0.5) is 0 Å². The molecule has 1 aromatic rings. The number of carbonyl (C=O) groups is 1. The highest BCUT2D eigenvalue weighted by Crippen LogP contribution is 2.26. The number of benzene rings is 1. The molecule has 0 spiro atoms. The molecule has 2 N–H and O–H groups in total. The molecule has 0 bridgehead atoms. The van der Waals surface area contributed by atoms with Gasteiger partial charge in [0.05, 0.1) is 23.6 Å². The predicted molar refractivity (Wildman–Crippen MR) is 79.7 cm³/mol. The predicted octanol–water partition coefficient (Wildman–Crippen LogP) is 2.26. The Morgan fingerprint density at radius 2 is 1.95 bits per heavy atom. The van der Waals surface area contributed by atoms with Gasteiger partial charge in [-0.2, -0.15) is 0 Å². The molecule has 0 aliphatic heterocycles. The van der Waals surface area contributed by atoms with Gasteiger partial charge >= 0.3 is 0 Å². The van der Waals surface area contributed by atoms with Crippen molar-refractivity contribution in [1.29, 1.82) is 0 Å². The van der Waals surface area contributed by atoms with Gasteiger partial charge in [-0.15, -0.1) is 11.6 Å². The van der Waals surface area contributed by atoms with Crippen LogP contribution in [0.3, 0.4) is 0 Å². The van der Waals surface area contributed by atoms with E-state index in [-0.39, 0.29) is 5.88 Å². The van der Waals surface area contributed by atoms with Crippen LogP contribution in [0.1, 0.15) is 32.4 Å². The maximum atomic E-state index is 10.9. The molecule has 0 radical (unpaired) electrons. The zero-order valence-electron chi connectivity index (χ0n) is 12.0. The summed E-state index contributed by atoms with van der Waals surface area (Å²) in [5.41, 5.74) is 0.396. The first-order chi connectivity index (χ1) is 9.39. The Labute approximate surface area is 125 Å². The molecule has 0 saturated carbocycles. The van der Waals surface area contributed by atoms with Crippen molar-refractivity contribution < 1.29 is 14.6 Å². The third-order valence-corrected chi connectivity index (χ3v) is 3.08. The van der Waals surface area contributed by atoms with Crippen molar-refractivity contribution >= 4 is 18.0 Å². The van der Waals surface area contributed by atoms with E-state index < -0.39 is 23.9 Å². The van der Waals surface area contributed by atoms with Crippen LogP contribution < -0.4 is 5.32 Å². The van der Waals surface area contributed by atoms with Gasteiger partial charge in [0.1, 0.15) is 6.10 Å². The molecule has 1 unspecified atom stereocenters. The van der Waals surface area contributed by atoms with E-state index in [9.17, 15) is 9.90 Å². The smallest absolute Gasteiger partial charge is 0.207 e. The highest BCUT2D eigenvalue weighted by atomic mass is 35.5. The molecule has 1 aromatic carbocycles. The van der Waals surface area contributed by atoms with Crippen LogP contribution in [0.5, 0.6) is 0 Å². The number of ether oxygens (including phenoxy) is 1. The Hall–Kier alpha value is -1.10. The van der Waals surface area contributed by atoms with Gasteiger partial charge < -0.3 is 15.2 Å². The van der Waals surface area contributed by atoms with Crippen LogP contribution in [0.2, 0.25) is 0 Å². The zero-order valence-corrected chi connectivity index (χ0v) is 12.8. The number of hydrogen-bond acceptors (Lipinski definition) is 3. The van der Waals surface area contributed by atoms with E-state index in [0.717, 1.165) is 5.56 Å². The van der Waals surface area contributed by atoms with Crippen LogP contribution in [-0.2, 0) is 9.53 Å². The monoisotopic (exact) mass is 299 g/mol. The van der Waals surface area contributed by atoms with Crippen LogP contribution >= 0.6 is 11.6 Å². The summed E-state index contributed by atoms with van der Waals surface area (Å²) in [5, 5.41) is 12.8. The lowest BCUT2D eigenvalue weighted by atomic mass is 9.97. The SMILES string of the molecule is CC(C)(C)O[C@@H](C(NC=O)c1ccccc1)[C@H](O)CCl. The van der Waals surface area contributed by atoms with Crippen molar-refractivity contribution in [1.82, 2.24) is 5.32 Å². The van der Waals surface area contributed by atoms with Gasteiger partial charge in [-0.05, 0) is 26.3 Å². The van der Waals surface area contributed by atoms with Crippen LogP contribution in [0, 0.1) is 0 Å². The number of aliphatic hydroxyl groups is 1. The van der Waals surface area contributed by atoms with Crippen LogP contribution in [-0.4, -0.2) is 35.2 Å². The fraction of sp³-hybridized carbons (Fsp3) is 0.533. The highest BCUT2D eigenvalue weighted by molar-refractivity contribution is 6.18. The molecule has 112 valence electrons. The van der Waals surface area contributed by atoms with E-state index >= 15 is 0 Å². The molecule has 0 fully saturated rings. The highest BCUT2D eigenvalue weighted by Gasteiger charge is 2.33. The molecule has 4 nitrogen and oxygen atoms in total. The Kier molecular flexibility index (Phi) is 6.46. The first kappa shape index (κ1) is 17.0. The fourth-order valence-electron chi connectivity index (χ4n) is 1.98. The van der Waals surface area contributed by atoms with Crippen molar-refractivity contribution in [3.63, 3.8) is 0 Å². The van der Waals surface area contributed by atoms with E-state index in [1.807, 2.05) is 51.1 Å². The number of rotatable bonds is 7. The molecule has 1 amide bonds. The number of aliphatic hydroxyl groups excluding tert-OH is 1. The van der Waals surface area contributed by atoms with Crippen molar-refractivity contribution in [2.45, 2.75) is 44.6 Å². The van der Waals surface area contributed by atoms with Gasteiger partial charge in [0.25, 0.3) is 0 Å². The third-order valence-electron chi connectivity index (χ3n) is 2.76. The summed E-state index contributed by atoms with van der Waals surface area (Å²) in [6, 6.07) is 8.93. The summed E-state index contributed by atoms with van der Waals surface area (Å²) in [6.07, 6.45) is -0.897. The second-order valence-corrected chi connectivity index (χ2v) is 5.90. The molecular formula is C15H22ClNO3. The molecular weight excluding hydrogens is 278 g/mol. The van der Waals surface area contributed by atoms with Crippen LogP contribution in [0.25, 0.3) is 0 Å². The Morgan fingerprint density at radius 3 is 2.40 bits per heavy atom. The lowest BCUT2D eigenvalue weighted by Crippen LogP contribution is -2.45. The quantitative estimate of drug-likeness (QED) is 0.600. The molecule has 0 aliphatic carbocycles. The van der Waals surface area contributed by atoms with Crippen molar-refractivity contribution in [3.05, 3.63) is 35.9 Å². The van der Waals surface area contributed by atoms with E-state index in [1.54, 1.807) is 0 Å². The standard InChI is InChI=1S/C15H22ClNO3/c1-15(2,3)20-14(12(19)9-16)13(17-10-18)11-7-5-4-6-8-11/h4-8,10,12-14,19H,9H2,1-3H3,(H,17,18)/t12-,13?,14-/m1/s1. The first-order valence-corrected chi connectivity index (χ1v) is 7.09. The molecule has 0 aliphatic rings. The van der Waals surface area contributed by atoms with Gasteiger partial charge in [0.2, 0.25) is 6.41 Å². The van der Waals surface area contributed by atoms with Crippen molar-refractivity contribution in [2.24, 2.45) is 0 Å².